The lowest BCUT2D eigenvalue weighted by molar-refractivity contribution is 0.340. The van der Waals surface area contributed by atoms with Gasteiger partial charge in [0.1, 0.15) is 17.8 Å². The topological polar surface area (TPSA) is 109 Å². The number of aryl methyl sites for hydroxylation is 2. The van der Waals surface area contributed by atoms with Crippen LogP contribution >= 0.6 is 0 Å². The molecule has 0 bridgehead atoms. The van der Waals surface area contributed by atoms with E-state index in [1.165, 1.54) is 0 Å². The van der Waals surface area contributed by atoms with E-state index in [4.69, 9.17) is 0 Å². The Labute approximate surface area is 177 Å². The monoisotopic (exact) mass is 431 g/mol. The van der Waals surface area contributed by atoms with Crippen molar-refractivity contribution in [3.05, 3.63) is 36.0 Å². The van der Waals surface area contributed by atoms with Crippen molar-refractivity contribution in [3.8, 4) is 0 Å². The Morgan fingerprint density at radius 3 is 2.73 bits per heavy atom. The van der Waals surface area contributed by atoms with Crippen molar-refractivity contribution >= 4 is 26.9 Å². The number of sulfonamides is 1. The van der Waals surface area contributed by atoms with E-state index in [0.717, 1.165) is 53.8 Å². The molecule has 9 nitrogen and oxygen atoms in total. The third-order valence-electron chi connectivity index (χ3n) is 6.08. The quantitative estimate of drug-likeness (QED) is 0.593. The normalized spacial score (nSPS) is 20.0. The second-order valence-corrected chi connectivity index (χ2v) is 10.1. The molecule has 1 aliphatic carbocycles. The molecule has 162 valence electrons. The molecule has 0 amide bonds. The lowest BCUT2D eigenvalue weighted by atomic mass is 9.86. The summed E-state index contributed by atoms with van der Waals surface area (Å²) in [5.41, 5.74) is 2.60. The number of H-pyrrole nitrogens is 1. The van der Waals surface area contributed by atoms with Gasteiger partial charge in [0.25, 0.3) is 0 Å². The first-order valence-electron chi connectivity index (χ1n) is 10.3. The lowest BCUT2D eigenvalue weighted by Crippen LogP contribution is -2.38. The van der Waals surface area contributed by atoms with Gasteiger partial charge in [-0.2, -0.15) is 5.10 Å². The molecule has 3 aromatic rings. The van der Waals surface area contributed by atoms with E-state index < -0.39 is 10.0 Å². The highest BCUT2D eigenvalue weighted by Gasteiger charge is 2.28. The van der Waals surface area contributed by atoms with E-state index >= 15 is 0 Å². The van der Waals surface area contributed by atoms with Crippen LogP contribution in [0.4, 0.5) is 5.82 Å². The van der Waals surface area contributed by atoms with Crippen molar-refractivity contribution in [2.45, 2.75) is 45.2 Å². The highest BCUT2D eigenvalue weighted by atomic mass is 32.2. The maximum absolute atomic E-state index is 12.6. The Balaban J connectivity index is 1.32. The van der Waals surface area contributed by atoms with E-state index in [0.29, 0.717) is 12.6 Å². The second-order valence-electron chi connectivity index (χ2n) is 8.24. The molecule has 10 heteroatoms. The summed E-state index contributed by atoms with van der Waals surface area (Å²) >= 11 is 0. The van der Waals surface area contributed by atoms with Crippen LogP contribution in [0, 0.1) is 12.8 Å². The number of aromatic amines is 1. The van der Waals surface area contributed by atoms with Gasteiger partial charge < -0.3 is 9.88 Å². The Morgan fingerprint density at radius 1 is 1.27 bits per heavy atom. The molecule has 0 spiro atoms. The summed E-state index contributed by atoms with van der Waals surface area (Å²) in [5.74, 6) is 1.28. The number of rotatable bonds is 7. The van der Waals surface area contributed by atoms with Crippen LogP contribution in [0.5, 0.6) is 0 Å². The smallest absolute Gasteiger partial charge is 0.212 e. The van der Waals surface area contributed by atoms with Crippen LogP contribution < -0.4 is 9.62 Å². The van der Waals surface area contributed by atoms with Gasteiger partial charge in [0.15, 0.2) is 0 Å². The van der Waals surface area contributed by atoms with Crippen molar-refractivity contribution in [1.29, 1.82) is 0 Å². The second kappa shape index (κ2) is 8.35. The SMILES string of the molecule is Cc1nn(C)cc1CNS(=O)(=O)C[C@H]1CC[C@H](N(C)c2ncnc3[nH]ccc23)CC1. The molecule has 2 N–H and O–H groups in total. The van der Waals surface area contributed by atoms with Crippen molar-refractivity contribution in [2.24, 2.45) is 13.0 Å². The fraction of sp³-hybridized carbons (Fsp3) is 0.550. The molecule has 0 atom stereocenters. The molecule has 0 saturated heterocycles. The molecule has 3 heterocycles. The number of anilines is 1. The predicted octanol–water partition coefficient (Wildman–Crippen LogP) is 2.11. The van der Waals surface area contributed by atoms with Crippen LogP contribution in [0.2, 0.25) is 0 Å². The molecular weight excluding hydrogens is 402 g/mol. The third kappa shape index (κ3) is 4.49. The summed E-state index contributed by atoms with van der Waals surface area (Å²) in [7, 11) is 0.577. The average Bonchev–Trinajstić information content (AvgIpc) is 3.31. The minimum atomic E-state index is -3.32. The number of aromatic nitrogens is 5. The molecule has 0 radical (unpaired) electrons. The number of fused-ring (bicyclic) bond motifs is 1. The summed E-state index contributed by atoms with van der Waals surface area (Å²) in [6, 6.07) is 2.35. The number of hydrogen-bond acceptors (Lipinski definition) is 6. The first-order valence-corrected chi connectivity index (χ1v) is 11.9. The number of nitrogens with one attached hydrogen (secondary N) is 2. The molecule has 1 aliphatic rings. The molecule has 1 saturated carbocycles. The zero-order valence-electron chi connectivity index (χ0n) is 17.7. The Morgan fingerprint density at radius 2 is 2.03 bits per heavy atom. The first-order chi connectivity index (χ1) is 14.3. The van der Waals surface area contributed by atoms with Crippen LogP contribution in [0.1, 0.15) is 36.9 Å². The van der Waals surface area contributed by atoms with Crippen LogP contribution in [0.3, 0.4) is 0 Å². The van der Waals surface area contributed by atoms with Crippen LogP contribution in [-0.4, -0.2) is 52.0 Å². The summed E-state index contributed by atoms with van der Waals surface area (Å²) in [6.07, 6.45) is 9.00. The fourth-order valence-electron chi connectivity index (χ4n) is 4.39. The molecular formula is C20H29N7O2S. The number of nitrogens with zero attached hydrogens (tertiary/aromatic N) is 5. The van der Waals surface area contributed by atoms with Crippen LogP contribution in [-0.2, 0) is 23.6 Å². The Hall–Kier alpha value is -2.46. The maximum atomic E-state index is 12.6. The van der Waals surface area contributed by atoms with Gasteiger partial charge in [-0.05, 0) is 44.6 Å². The zero-order chi connectivity index (χ0) is 21.3. The van der Waals surface area contributed by atoms with Gasteiger partial charge in [0, 0.05) is 44.6 Å². The summed E-state index contributed by atoms with van der Waals surface area (Å²) in [6.45, 7) is 2.18. The molecule has 0 unspecified atom stereocenters. The minimum absolute atomic E-state index is 0.179. The molecule has 30 heavy (non-hydrogen) atoms. The largest absolute Gasteiger partial charge is 0.356 e. The van der Waals surface area contributed by atoms with Gasteiger partial charge in [-0.3, -0.25) is 4.68 Å². The molecule has 0 aromatic carbocycles. The first kappa shape index (κ1) is 20.8. The molecule has 4 rings (SSSR count). The van der Waals surface area contributed by atoms with Crippen LogP contribution in [0.15, 0.2) is 24.8 Å². The van der Waals surface area contributed by atoms with E-state index in [1.54, 1.807) is 11.0 Å². The van der Waals surface area contributed by atoms with Gasteiger partial charge in [0.05, 0.1) is 16.8 Å². The van der Waals surface area contributed by atoms with E-state index in [9.17, 15) is 8.42 Å². The number of hydrogen-bond donors (Lipinski definition) is 2. The van der Waals surface area contributed by atoms with Crippen molar-refractivity contribution in [2.75, 3.05) is 17.7 Å². The van der Waals surface area contributed by atoms with E-state index in [-0.39, 0.29) is 11.7 Å². The summed E-state index contributed by atoms with van der Waals surface area (Å²) in [5, 5.41) is 5.27. The summed E-state index contributed by atoms with van der Waals surface area (Å²) < 4.78 is 29.6. The van der Waals surface area contributed by atoms with Crippen LogP contribution in [0.25, 0.3) is 11.0 Å². The predicted molar refractivity (Wildman–Crippen MR) is 117 cm³/mol. The third-order valence-corrected chi connectivity index (χ3v) is 7.58. The van der Waals surface area contributed by atoms with Gasteiger partial charge in [-0.1, -0.05) is 0 Å². The fourth-order valence-corrected chi connectivity index (χ4v) is 5.84. The Kier molecular flexibility index (Phi) is 5.79. The van der Waals surface area contributed by atoms with Gasteiger partial charge >= 0.3 is 0 Å². The van der Waals surface area contributed by atoms with Gasteiger partial charge in [-0.15, -0.1) is 0 Å². The standard InChI is InChI=1S/C20H29N7O2S/c1-14-16(11-26(2)25-14)10-24-30(28,29)12-15-4-6-17(7-5-15)27(3)20-18-8-9-21-19(18)22-13-23-20/h8-9,11,13,15,17,24H,4-7,10,12H2,1-3H3,(H,21,22,23)/t15-,17-. The van der Waals surface area contributed by atoms with E-state index in [2.05, 4.69) is 36.7 Å². The molecule has 0 aliphatic heterocycles. The maximum Gasteiger partial charge on any atom is 0.212 e. The zero-order valence-corrected chi connectivity index (χ0v) is 18.5. The van der Waals surface area contributed by atoms with Crippen molar-refractivity contribution in [1.82, 2.24) is 29.5 Å². The average molecular weight is 432 g/mol. The van der Waals surface area contributed by atoms with Crippen molar-refractivity contribution in [3.63, 3.8) is 0 Å². The van der Waals surface area contributed by atoms with Gasteiger partial charge in [-0.25, -0.2) is 23.1 Å². The van der Waals surface area contributed by atoms with E-state index in [1.807, 2.05) is 32.4 Å². The Bertz CT molecular complexity index is 1110. The van der Waals surface area contributed by atoms with Crippen molar-refractivity contribution < 1.29 is 8.42 Å². The molecule has 3 aromatic heterocycles. The highest BCUT2D eigenvalue weighted by Crippen LogP contribution is 2.32. The van der Waals surface area contributed by atoms with Gasteiger partial charge in [0.2, 0.25) is 10.0 Å². The summed E-state index contributed by atoms with van der Waals surface area (Å²) in [4.78, 5) is 14.1. The molecule has 1 fully saturated rings. The highest BCUT2D eigenvalue weighted by molar-refractivity contribution is 7.89. The lowest BCUT2D eigenvalue weighted by Gasteiger charge is -2.35. The minimum Gasteiger partial charge on any atom is -0.356 e.